The maximum absolute atomic E-state index is 13.0. The Labute approximate surface area is 232 Å². The van der Waals surface area contributed by atoms with E-state index < -0.39 is 21.7 Å². The molecular formula is C27H30N6O6S. The molecule has 2 aliphatic rings. The summed E-state index contributed by atoms with van der Waals surface area (Å²) in [5, 5.41) is 3.92. The van der Waals surface area contributed by atoms with Crippen LogP contribution in [0.2, 0.25) is 0 Å². The average Bonchev–Trinajstić information content (AvgIpc) is 3.26. The van der Waals surface area contributed by atoms with Crippen LogP contribution in [0.5, 0.6) is 5.88 Å². The third-order valence-electron chi connectivity index (χ3n) is 6.57. The van der Waals surface area contributed by atoms with Gasteiger partial charge in [0.05, 0.1) is 25.0 Å². The molecule has 0 atom stereocenters. The molecule has 2 aromatic heterocycles. The van der Waals surface area contributed by atoms with Gasteiger partial charge in [0.25, 0.3) is 15.9 Å². The summed E-state index contributed by atoms with van der Waals surface area (Å²) < 4.78 is 41.5. The fourth-order valence-electron chi connectivity index (χ4n) is 4.68. The number of aryl methyl sites for hydroxylation is 3. The van der Waals surface area contributed by atoms with Crippen molar-refractivity contribution in [2.75, 3.05) is 17.8 Å². The van der Waals surface area contributed by atoms with Gasteiger partial charge in [0, 0.05) is 37.4 Å². The molecular weight excluding hydrogens is 536 g/mol. The highest BCUT2D eigenvalue weighted by molar-refractivity contribution is 7.92. The number of anilines is 1. The number of hydrogen-bond acceptors (Lipinski definition) is 9. The van der Waals surface area contributed by atoms with Gasteiger partial charge >= 0.3 is 0 Å². The van der Waals surface area contributed by atoms with Crippen LogP contribution in [0.4, 0.5) is 5.95 Å². The molecule has 1 N–H and O–H groups in total. The lowest BCUT2D eigenvalue weighted by Gasteiger charge is -2.40. The van der Waals surface area contributed by atoms with Crippen molar-refractivity contribution in [1.82, 2.24) is 24.6 Å². The highest BCUT2D eigenvalue weighted by atomic mass is 32.2. The topological polar surface area (TPSA) is 146 Å². The fraction of sp³-hybridized carbons (Fsp3) is 0.370. The third kappa shape index (κ3) is 5.69. The van der Waals surface area contributed by atoms with Crippen LogP contribution in [0.25, 0.3) is 11.3 Å². The lowest BCUT2D eigenvalue weighted by atomic mass is 9.98. The summed E-state index contributed by atoms with van der Waals surface area (Å²) in [6.07, 6.45) is 3.65. The fourth-order valence-corrected chi connectivity index (χ4v) is 5.61. The van der Waals surface area contributed by atoms with E-state index >= 15 is 0 Å². The molecule has 1 aromatic carbocycles. The van der Waals surface area contributed by atoms with Crippen molar-refractivity contribution in [2.24, 2.45) is 7.05 Å². The minimum Gasteiger partial charge on any atom is -0.481 e. The molecule has 0 saturated carbocycles. The van der Waals surface area contributed by atoms with Crippen molar-refractivity contribution in [2.45, 2.75) is 50.7 Å². The second kappa shape index (κ2) is 10.0. The number of allylic oxidation sites excluding steroid dienone is 1. The highest BCUT2D eigenvalue weighted by Gasteiger charge is 2.39. The Balaban J connectivity index is 1.38. The number of likely N-dealkylation sites (tertiary alicyclic amines) is 1. The quantitative estimate of drug-likeness (QED) is 0.456. The molecule has 4 heterocycles. The number of hydrogen-bond donors (Lipinski definition) is 1. The van der Waals surface area contributed by atoms with Gasteiger partial charge in [-0.3, -0.25) is 14.3 Å². The van der Waals surface area contributed by atoms with E-state index in [0.29, 0.717) is 5.69 Å². The Kier molecular flexibility index (Phi) is 6.86. The molecule has 40 heavy (non-hydrogen) atoms. The molecule has 13 heteroatoms. The van der Waals surface area contributed by atoms with Crippen LogP contribution in [0, 0.1) is 13.8 Å². The summed E-state index contributed by atoms with van der Waals surface area (Å²) in [5.41, 5.74) is 2.46. The molecule has 1 fully saturated rings. The zero-order chi connectivity index (χ0) is 28.8. The first-order valence-corrected chi connectivity index (χ1v) is 14.1. The normalized spacial score (nSPS) is 17.1. The first-order valence-electron chi connectivity index (χ1n) is 12.7. The van der Waals surface area contributed by atoms with Gasteiger partial charge in [0.15, 0.2) is 11.5 Å². The molecule has 0 aliphatic carbocycles. The predicted octanol–water partition coefficient (Wildman–Crippen LogP) is 2.54. The van der Waals surface area contributed by atoms with Gasteiger partial charge in [0.1, 0.15) is 16.6 Å². The Morgan fingerprint density at radius 3 is 2.50 bits per heavy atom. The second-order valence-corrected chi connectivity index (χ2v) is 12.3. The lowest BCUT2D eigenvalue weighted by Crippen LogP contribution is -2.57. The summed E-state index contributed by atoms with van der Waals surface area (Å²) >= 11 is 0. The van der Waals surface area contributed by atoms with Crippen LogP contribution < -0.4 is 9.46 Å². The van der Waals surface area contributed by atoms with E-state index in [1.54, 1.807) is 27.0 Å². The van der Waals surface area contributed by atoms with Crippen LogP contribution in [-0.2, 0) is 31.4 Å². The average molecular weight is 567 g/mol. The van der Waals surface area contributed by atoms with Gasteiger partial charge in [-0.2, -0.15) is 10.1 Å². The smallest absolute Gasteiger partial charge is 0.289 e. The van der Waals surface area contributed by atoms with Gasteiger partial charge in [-0.1, -0.05) is 18.2 Å². The molecule has 210 valence electrons. The largest absolute Gasteiger partial charge is 0.481 e. The SMILES string of the molecule is Cc1cccc(C)c1-c1cc(OC2CN(C(=O)C3=CC(=O)CC(C)(C)O3)C2)nc(NS(=O)(=O)c2cnn(C)c2)n1. The minimum absolute atomic E-state index is 0.0196. The van der Waals surface area contributed by atoms with Crippen molar-refractivity contribution >= 4 is 27.7 Å². The van der Waals surface area contributed by atoms with Crippen LogP contribution in [-0.4, -0.2) is 69.6 Å². The van der Waals surface area contributed by atoms with Gasteiger partial charge in [0.2, 0.25) is 11.8 Å². The van der Waals surface area contributed by atoms with Crippen LogP contribution in [0.1, 0.15) is 31.4 Å². The number of ether oxygens (including phenoxy) is 2. The second-order valence-electron chi connectivity index (χ2n) is 10.6. The summed E-state index contributed by atoms with van der Waals surface area (Å²) in [4.78, 5) is 35.2. The highest BCUT2D eigenvalue weighted by Crippen LogP contribution is 2.31. The molecule has 12 nitrogen and oxygen atoms in total. The number of sulfonamides is 1. The van der Waals surface area contributed by atoms with Crippen molar-refractivity contribution < 1.29 is 27.5 Å². The first kappa shape index (κ1) is 27.3. The number of nitrogens with zero attached hydrogens (tertiary/aromatic N) is 5. The number of benzene rings is 1. The number of carbonyl (C=O) groups is 2. The number of amides is 1. The number of rotatable bonds is 7. The van der Waals surface area contributed by atoms with Crippen molar-refractivity contribution in [3.8, 4) is 17.1 Å². The van der Waals surface area contributed by atoms with Crippen molar-refractivity contribution in [3.05, 3.63) is 59.6 Å². The zero-order valence-corrected chi connectivity index (χ0v) is 23.7. The van der Waals surface area contributed by atoms with E-state index in [0.717, 1.165) is 16.7 Å². The van der Waals surface area contributed by atoms with Crippen LogP contribution in [0.3, 0.4) is 0 Å². The summed E-state index contributed by atoms with van der Waals surface area (Å²) in [6, 6.07) is 7.45. The van der Waals surface area contributed by atoms with Gasteiger partial charge in [-0.15, -0.1) is 0 Å². The Hall–Kier alpha value is -4.26. The molecule has 2 aliphatic heterocycles. The minimum atomic E-state index is -4.01. The number of aromatic nitrogens is 4. The van der Waals surface area contributed by atoms with Gasteiger partial charge in [-0.25, -0.2) is 18.1 Å². The Morgan fingerprint density at radius 1 is 1.18 bits per heavy atom. The van der Waals surface area contributed by atoms with Gasteiger partial charge in [-0.05, 0) is 38.8 Å². The maximum atomic E-state index is 13.0. The standard InChI is InChI=1S/C27H30N6O6S/c1-16-7-6-8-17(2)24(16)21-10-23(30-26(29-21)31-40(36,37)20-12-28-32(5)15-20)38-19-13-33(14-19)25(35)22-9-18(34)11-27(3,4)39-22/h6-10,12,15,19H,11,13-14H2,1-5H3,(H,29,30,31). The summed E-state index contributed by atoms with van der Waals surface area (Å²) in [5.74, 6) is -0.531. The molecule has 1 saturated heterocycles. The summed E-state index contributed by atoms with van der Waals surface area (Å²) in [7, 11) is -2.39. The number of ketones is 1. The number of carbonyl (C=O) groups excluding carboxylic acids is 2. The Morgan fingerprint density at radius 2 is 1.88 bits per heavy atom. The monoisotopic (exact) mass is 566 g/mol. The third-order valence-corrected chi connectivity index (χ3v) is 7.85. The molecule has 1 amide bonds. The molecule has 0 radical (unpaired) electrons. The van der Waals surface area contributed by atoms with E-state index in [9.17, 15) is 18.0 Å². The van der Waals surface area contributed by atoms with E-state index in [2.05, 4.69) is 19.8 Å². The van der Waals surface area contributed by atoms with Crippen molar-refractivity contribution in [1.29, 1.82) is 0 Å². The predicted molar refractivity (Wildman–Crippen MR) is 145 cm³/mol. The molecule has 0 spiro atoms. The maximum Gasteiger partial charge on any atom is 0.289 e. The summed E-state index contributed by atoms with van der Waals surface area (Å²) in [6.45, 7) is 7.88. The van der Waals surface area contributed by atoms with E-state index in [4.69, 9.17) is 9.47 Å². The molecule has 0 unspecified atom stereocenters. The van der Waals surface area contributed by atoms with E-state index in [-0.39, 0.29) is 53.7 Å². The molecule has 5 rings (SSSR count). The van der Waals surface area contributed by atoms with Crippen molar-refractivity contribution in [3.63, 3.8) is 0 Å². The molecule has 0 bridgehead atoms. The van der Waals surface area contributed by atoms with Gasteiger partial charge < -0.3 is 14.4 Å². The first-order chi connectivity index (χ1) is 18.8. The van der Waals surface area contributed by atoms with Crippen LogP contribution >= 0.6 is 0 Å². The Bertz CT molecular complexity index is 1620. The van der Waals surface area contributed by atoms with E-state index in [1.165, 1.54) is 28.1 Å². The van der Waals surface area contributed by atoms with Crippen LogP contribution in [0.15, 0.2) is 53.4 Å². The number of nitrogens with one attached hydrogen (secondary N) is 1. The molecule has 3 aromatic rings. The lowest BCUT2D eigenvalue weighted by molar-refractivity contribution is -0.145. The zero-order valence-electron chi connectivity index (χ0n) is 22.8. The van der Waals surface area contributed by atoms with E-state index in [1.807, 2.05) is 32.0 Å².